The highest BCUT2D eigenvalue weighted by atomic mass is 35.5. The molecule has 0 bridgehead atoms. The van der Waals surface area contributed by atoms with Gasteiger partial charge < -0.3 is 4.90 Å². The van der Waals surface area contributed by atoms with E-state index in [1.54, 1.807) is 40.3 Å². The molecule has 0 unspecified atom stereocenters. The normalized spacial score (nSPS) is 11.1. The Morgan fingerprint density at radius 1 is 1.08 bits per heavy atom. The first-order valence-electron chi connectivity index (χ1n) is 8.20. The van der Waals surface area contributed by atoms with Crippen LogP contribution in [0.1, 0.15) is 12.0 Å². The minimum absolute atomic E-state index is 0.0455. The van der Waals surface area contributed by atoms with E-state index >= 15 is 0 Å². The molecule has 0 saturated carbocycles. The lowest BCUT2D eigenvalue weighted by Crippen LogP contribution is -2.29. The number of rotatable bonds is 5. The molecule has 0 aliphatic heterocycles. The Kier molecular flexibility index (Phi) is 5.39. The molecular formula is C19H19Cl2N3O2. The van der Waals surface area contributed by atoms with Gasteiger partial charge in [-0.1, -0.05) is 41.4 Å². The molecule has 5 nitrogen and oxygen atoms in total. The van der Waals surface area contributed by atoms with Crippen LogP contribution in [-0.4, -0.2) is 27.0 Å². The van der Waals surface area contributed by atoms with Crippen molar-refractivity contribution in [3.05, 3.63) is 68.6 Å². The van der Waals surface area contributed by atoms with Crippen LogP contribution >= 0.6 is 23.2 Å². The van der Waals surface area contributed by atoms with E-state index in [2.05, 4.69) is 0 Å². The quantitative estimate of drug-likeness (QED) is 0.665. The minimum atomic E-state index is -0.119. The van der Waals surface area contributed by atoms with Crippen molar-refractivity contribution in [2.24, 2.45) is 7.05 Å². The van der Waals surface area contributed by atoms with E-state index in [0.29, 0.717) is 23.1 Å². The predicted octanol–water partition coefficient (Wildman–Crippen LogP) is 3.70. The second kappa shape index (κ2) is 7.56. The van der Waals surface area contributed by atoms with E-state index in [1.807, 2.05) is 30.3 Å². The van der Waals surface area contributed by atoms with Crippen LogP contribution < -0.4 is 5.69 Å². The number of fused-ring (bicyclic) bond motifs is 1. The number of aryl methyl sites for hydroxylation is 2. The number of hydrogen-bond acceptors (Lipinski definition) is 2. The van der Waals surface area contributed by atoms with E-state index in [4.69, 9.17) is 23.2 Å². The number of para-hydroxylation sites is 2. The van der Waals surface area contributed by atoms with Gasteiger partial charge in [-0.3, -0.25) is 13.9 Å². The van der Waals surface area contributed by atoms with Crippen molar-refractivity contribution in [1.29, 1.82) is 0 Å². The van der Waals surface area contributed by atoms with Crippen LogP contribution in [0.15, 0.2) is 47.3 Å². The largest absolute Gasteiger partial charge is 0.341 e. The van der Waals surface area contributed by atoms with Crippen LogP contribution in [0, 0.1) is 0 Å². The van der Waals surface area contributed by atoms with E-state index in [9.17, 15) is 9.59 Å². The highest BCUT2D eigenvalue weighted by Gasteiger charge is 2.14. The Balaban J connectivity index is 1.70. The van der Waals surface area contributed by atoms with E-state index in [-0.39, 0.29) is 18.0 Å². The summed E-state index contributed by atoms with van der Waals surface area (Å²) < 4.78 is 3.24. The summed E-state index contributed by atoms with van der Waals surface area (Å²) in [5.74, 6) is -0.0455. The van der Waals surface area contributed by atoms with Gasteiger partial charge in [-0.2, -0.15) is 0 Å². The van der Waals surface area contributed by atoms with Gasteiger partial charge in [0.1, 0.15) is 0 Å². The average molecular weight is 392 g/mol. The highest BCUT2D eigenvalue weighted by Crippen LogP contribution is 2.23. The molecule has 2 aromatic carbocycles. The minimum Gasteiger partial charge on any atom is -0.341 e. The third-order valence-electron chi connectivity index (χ3n) is 4.43. The number of halogens is 2. The van der Waals surface area contributed by atoms with Crippen LogP contribution in [0.4, 0.5) is 0 Å². The lowest BCUT2D eigenvalue weighted by Gasteiger charge is -2.18. The van der Waals surface area contributed by atoms with Gasteiger partial charge in [0, 0.05) is 33.6 Å². The van der Waals surface area contributed by atoms with Gasteiger partial charge in [0.05, 0.1) is 21.1 Å². The van der Waals surface area contributed by atoms with Crippen molar-refractivity contribution in [3.63, 3.8) is 0 Å². The molecular weight excluding hydrogens is 373 g/mol. The van der Waals surface area contributed by atoms with Crippen LogP contribution in [0.3, 0.4) is 0 Å². The molecule has 26 heavy (non-hydrogen) atoms. The van der Waals surface area contributed by atoms with Crippen molar-refractivity contribution in [2.45, 2.75) is 19.5 Å². The third kappa shape index (κ3) is 3.64. The van der Waals surface area contributed by atoms with Gasteiger partial charge in [0.15, 0.2) is 0 Å². The number of hydrogen-bond donors (Lipinski definition) is 0. The first kappa shape index (κ1) is 18.5. The maximum Gasteiger partial charge on any atom is 0.328 e. The fourth-order valence-corrected chi connectivity index (χ4v) is 3.30. The molecule has 0 spiro atoms. The molecule has 0 radical (unpaired) electrons. The third-order valence-corrected chi connectivity index (χ3v) is 5.17. The summed E-state index contributed by atoms with van der Waals surface area (Å²) in [6, 6.07) is 12.9. The lowest BCUT2D eigenvalue weighted by atomic mass is 10.2. The van der Waals surface area contributed by atoms with Crippen molar-refractivity contribution < 1.29 is 4.79 Å². The van der Waals surface area contributed by atoms with Crippen LogP contribution in [0.2, 0.25) is 10.0 Å². The molecule has 1 heterocycles. The van der Waals surface area contributed by atoms with Crippen molar-refractivity contribution in [3.8, 4) is 0 Å². The van der Waals surface area contributed by atoms with Crippen molar-refractivity contribution in [2.75, 3.05) is 7.05 Å². The van der Waals surface area contributed by atoms with Crippen LogP contribution in [0.5, 0.6) is 0 Å². The first-order chi connectivity index (χ1) is 12.4. The maximum absolute atomic E-state index is 12.5. The summed E-state index contributed by atoms with van der Waals surface area (Å²) in [6.45, 7) is 0.769. The standard InChI is InChI=1S/C19H19Cl2N3O2/c1-22(12-13-7-8-14(20)15(21)11-13)18(25)9-10-24-17-6-4-3-5-16(17)23(2)19(24)26/h3-8,11H,9-10,12H2,1-2H3. The van der Waals surface area contributed by atoms with Crippen molar-refractivity contribution >= 4 is 40.1 Å². The average Bonchev–Trinajstić information content (AvgIpc) is 2.87. The van der Waals surface area contributed by atoms with E-state index < -0.39 is 0 Å². The fourth-order valence-electron chi connectivity index (χ4n) is 2.98. The number of nitrogens with zero attached hydrogens (tertiary/aromatic N) is 3. The summed E-state index contributed by atoms with van der Waals surface area (Å²) in [4.78, 5) is 26.5. The molecule has 0 atom stereocenters. The first-order valence-corrected chi connectivity index (χ1v) is 8.96. The summed E-state index contributed by atoms with van der Waals surface area (Å²) >= 11 is 11.9. The highest BCUT2D eigenvalue weighted by molar-refractivity contribution is 6.42. The number of amides is 1. The molecule has 3 aromatic rings. The molecule has 0 aliphatic carbocycles. The second-order valence-electron chi connectivity index (χ2n) is 6.23. The Labute approximate surface area is 161 Å². The molecule has 0 aliphatic rings. The monoisotopic (exact) mass is 391 g/mol. The topological polar surface area (TPSA) is 47.2 Å². The number of imidazole rings is 1. The summed E-state index contributed by atoms with van der Waals surface area (Å²) in [5, 5.41) is 0.951. The summed E-state index contributed by atoms with van der Waals surface area (Å²) in [7, 11) is 3.47. The van der Waals surface area contributed by atoms with Gasteiger partial charge in [0.2, 0.25) is 5.91 Å². The summed E-state index contributed by atoms with van der Waals surface area (Å²) in [5.41, 5.74) is 2.47. The number of benzene rings is 2. The van der Waals surface area contributed by atoms with Gasteiger partial charge >= 0.3 is 5.69 Å². The molecule has 7 heteroatoms. The molecule has 3 rings (SSSR count). The van der Waals surface area contributed by atoms with Crippen LogP contribution in [0.25, 0.3) is 11.0 Å². The van der Waals surface area contributed by atoms with Gasteiger partial charge in [0.25, 0.3) is 0 Å². The zero-order chi connectivity index (χ0) is 18.8. The molecule has 1 amide bonds. The molecule has 0 fully saturated rings. The lowest BCUT2D eigenvalue weighted by molar-refractivity contribution is -0.130. The van der Waals surface area contributed by atoms with E-state index in [0.717, 1.165) is 16.6 Å². The van der Waals surface area contributed by atoms with Crippen molar-refractivity contribution in [1.82, 2.24) is 14.0 Å². The SMILES string of the molecule is CN(Cc1ccc(Cl)c(Cl)c1)C(=O)CCn1c(=O)n(C)c2ccccc21. The van der Waals surface area contributed by atoms with E-state index in [1.165, 1.54) is 0 Å². The number of carbonyl (C=O) groups excluding carboxylic acids is 1. The molecule has 0 saturated heterocycles. The van der Waals surface area contributed by atoms with Gasteiger partial charge in [-0.25, -0.2) is 4.79 Å². The smallest absolute Gasteiger partial charge is 0.328 e. The Morgan fingerprint density at radius 3 is 2.46 bits per heavy atom. The molecule has 1 aromatic heterocycles. The predicted molar refractivity (Wildman–Crippen MR) is 105 cm³/mol. The Morgan fingerprint density at radius 2 is 1.77 bits per heavy atom. The Hall–Kier alpha value is -2.24. The Bertz CT molecular complexity index is 1020. The number of carbonyl (C=O) groups is 1. The molecule has 0 N–H and O–H groups in total. The molecule has 136 valence electrons. The number of aromatic nitrogens is 2. The maximum atomic E-state index is 12.5. The fraction of sp³-hybridized carbons (Fsp3) is 0.263. The second-order valence-corrected chi connectivity index (χ2v) is 7.04. The summed E-state index contributed by atoms with van der Waals surface area (Å²) in [6.07, 6.45) is 0.242. The van der Waals surface area contributed by atoms with Gasteiger partial charge in [-0.15, -0.1) is 0 Å². The zero-order valence-corrected chi connectivity index (χ0v) is 16.1. The van der Waals surface area contributed by atoms with Gasteiger partial charge in [-0.05, 0) is 29.8 Å². The van der Waals surface area contributed by atoms with Crippen LogP contribution in [-0.2, 0) is 24.9 Å². The zero-order valence-electron chi connectivity index (χ0n) is 14.6.